The molecule has 4 heteroatoms. The number of para-hydroxylation sites is 1. The van der Waals surface area contributed by atoms with Crippen LogP contribution in [0.5, 0.6) is 5.75 Å². The van der Waals surface area contributed by atoms with Crippen molar-refractivity contribution in [3.05, 3.63) is 30.3 Å². The van der Waals surface area contributed by atoms with Crippen LogP contribution in [0.3, 0.4) is 0 Å². The summed E-state index contributed by atoms with van der Waals surface area (Å²) >= 11 is 0. The van der Waals surface area contributed by atoms with Crippen LogP contribution in [0.25, 0.3) is 0 Å². The quantitative estimate of drug-likeness (QED) is 0.665. The van der Waals surface area contributed by atoms with Gasteiger partial charge in [-0.15, -0.1) is 0 Å². The van der Waals surface area contributed by atoms with E-state index in [-0.39, 0.29) is 6.61 Å². The Morgan fingerprint density at radius 3 is 2.58 bits per heavy atom. The number of nitrogens with two attached hydrogens (primary N) is 1. The lowest BCUT2D eigenvalue weighted by atomic mass is 10.3. The molecule has 0 heterocycles. The highest BCUT2D eigenvalue weighted by Gasteiger charge is 2.00. The van der Waals surface area contributed by atoms with E-state index in [4.69, 9.17) is 4.74 Å². The molecule has 1 rings (SSSR count). The van der Waals surface area contributed by atoms with Crippen molar-refractivity contribution in [1.82, 2.24) is 0 Å². The third-order valence-electron chi connectivity index (χ3n) is 1.23. The van der Waals surface area contributed by atoms with Crippen molar-refractivity contribution >= 4 is 5.97 Å². The molecule has 0 unspecified atom stereocenters. The van der Waals surface area contributed by atoms with Gasteiger partial charge in [0.15, 0.2) is 6.61 Å². The van der Waals surface area contributed by atoms with Crippen LogP contribution in [0.1, 0.15) is 0 Å². The number of ether oxygens (including phenoxy) is 1. The first kappa shape index (κ1) is 8.55. The molecule has 1 aromatic carbocycles. The Morgan fingerprint density at radius 2 is 2.00 bits per heavy atom. The maximum Gasteiger partial charge on any atom is 0.362 e. The summed E-state index contributed by atoms with van der Waals surface area (Å²) in [5, 5.41) is 0. The summed E-state index contributed by atoms with van der Waals surface area (Å²) in [4.78, 5) is 14.4. The fourth-order valence-corrected chi connectivity index (χ4v) is 0.693. The molecule has 0 saturated heterocycles. The molecular weight excluding hydrogens is 158 g/mol. The zero-order chi connectivity index (χ0) is 8.81. The molecule has 0 bridgehead atoms. The van der Waals surface area contributed by atoms with Crippen LogP contribution in [0.15, 0.2) is 30.3 Å². The van der Waals surface area contributed by atoms with E-state index in [2.05, 4.69) is 10.7 Å². The average molecular weight is 167 g/mol. The van der Waals surface area contributed by atoms with Gasteiger partial charge in [0, 0.05) is 0 Å². The minimum absolute atomic E-state index is 0.166. The van der Waals surface area contributed by atoms with E-state index in [1.54, 1.807) is 12.1 Å². The van der Waals surface area contributed by atoms with Crippen LogP contribution in [-0.2, 0) is 9.63 Å². The molecule has 12 heavy (non-hydrogen) atoms. The van der Waals surface area contributed by atoms with Crippen LogP contribution >= 0.6 is 0 Å². The average Bonchev–Trinajstić information content (AvgIpc) is 2.16. The highest BCUT2D eigenvalue weighted by Crippen LogP contribution is 2.07. The third kappa shape index (κ3) is 2.59. The van der Waals surface area contributed by atoms with Crippen molar-refractivity contribution in [3.63, 3.8) is 0 Å². The largest absolute Gasteiger partial charge is 0.482 e. The van der Waals surface area contributed by atoms with Crippen molar-refractivity contribution in [1.29, 1.82) is 0 Å². The number of carbonyl (C=O) groups excluding carboxylic acids is 1. The van der Waals surface area contributed by atoms with Crippen LogP contribution in [0, 0.1) is 0 Å². The first-order chi connectivity index (χ1) is 5.83. The predicted molar refractivity (Wildman–Crippen MR) is 42.2 cm³/mol. The molecule has 0 aliphatic heterocycles. The number of rotatable bonds is 3. The molecule has 0 saturated carbocycles. The summed E-state index contributed by atoms with van der Waals surface area (Å²) in [6, 6.07) is 8.95. The highest BCUT2D eigenvalue weighted by atomic mass is 16.7. The fourth-order valence-electron chi connectivity index (χ4n) is 0.693. The summed E-state index contributed by atoms with van der Waals surface area (Å²) in [6.07, 6.45) is 0. The van der Waals surface area contributed by atoms with Gasteiger partial charge in [0.2, 0.25) is 0 Å². The molecule has 0 amide bonds. The van der Waals surface area contributed by atoms with Crippen LogP contribution < -0.4 is 10.6 Å². The molecule has 1 aromatic rings. The lowest BCUT2D eigenvalue weighted by Crippen LogP contribution is -2.17. The molecular formula is C8H9NO3. The Morgan fingerprint density at radius 1 is 1.33 bits per heavy atom. The minimum atomic E-state index is -0.598. The van der Waals surface area contributed by atoms with Gasteiger partial charge < -0.3 is 9.57 Å². The molecule has 0 radical (unpaired) electrons. The lowest BCUT2D eigenvalue weighted by Gasteiger charge is -2.02. The van der Waals surface area contributed by atoms with Crippen LogP contribution in [-0.4, -0.2) is 12.6 Å². The number of carbonyl (C=O) groups is 1. The third-order valence-corrected chi connectivity index (χ3v) is 1.23. The van der Waals surface area contributed by atoms with Crippen molar-refractivity contribution < 1.29 is 14.4 Å². The Hall–Kier alpha value is -1.55. The van der Waals surface area contributed by atoms with Crippen LogP contribution in [0.2, 0.25) is 0 Å². The van der Waals surface area contributed by atoms with Gasteiger partial charge in [0.25, 0.3) is 0 Å². The SMILES string of the molecule is NOC(=O)COc1ccccc1. The molecule has 0 aliphatic carbocycles. The first-order valence-electron chi connectivity index (χ1n) is 3.40. The summed E-state index contributed by atoms with van der Waals surface area (Å²) < 4.78 is 5.00. The van der Waals surface area contributed by atoms with Crippen molar-refractivity contribution in [2.75, 3.05) is 6.61 Å². The first-order valence-corrected chi connectivity index (χ1v) is 3.40. The van der Waals surface area contributed by atoms with Crippen molar-refractivity contribution in [3.8, 4) is 5.75 Å². The second-order valence-electron chi connectivity index (χ2n) is 2.09. The van der Waals surface area contributed by atoms with E-state index >= 15 is 0 Å². The van der Waals surface area contributed by atoms with Gasteiger partial charge in [0.1, 0.15) is 5.75 Å². The molecule has 2 N–H and O–H groups in total. The zero-order valence-corrected chi connectivity index (χ0v) is 6.40. The highest BCUT2D eigenvalue weighted by molar-refractivity contribution is 5.70. The Balaban J connectivity index is 2.38. The topological polar surface area (TPSA) is 61.5 Å². The van der Waals surface area contributed by atoms with E-state index in [0.717, 1.165) is 0 Å². The van der Waals surface area contributed by atoms with Gasteiger partial charge in [0.05, 0.1) is 0 Å². The smallest absolute Gasteiger partial charge is 0.362 e. The predicted octanol–water partition coefficient (Wildman–Crippen LogP) is 0.482. The van der Waals surface area contributed by atoms with Gasteiger partial charge in [-0.3, -0.25) is 0 Å². The van der Waals surface area contributed by atoms with Crippen molar-refractivity contribution in [2.45, 2.75) is 0 Å². The molecule has 4 nitrogen and oxygen atoms in total. The molecule has 0 atom stereocenters. The molecule has 0 spiro atoms. The second-order valence-corrected chi connectivity index (χ2v) is 2.09. The maximum absolute atomic E-state index is 10.5. The van der Waals surface area contributed by atoms with E-state index in [1.165, 1.54) is 0 Å². The molecule has 0 fully saturated rings. The molecule has 0 aromatic heterocycles. The van der Waals surface area contributed by atoms with E-state index < -0.39 is 5.97 Å². The molecule has 0 aliphatic rings. The number of hydrogen-bond donors (Lipinski definition) is 1. The van der Waals surface area contributed by atoms with Gasteiger partial charge in [-0.05, 0) is 12.1 Å². The van der Waals surface area contributed by atoms with Gasteiger partial charge in [-0.1, -0.05) is 18.2 Å². The fraction of sp³-hybridized carbons (Fsp3) is 0.125. The summed E-state index contributed by atoms with van der Waals surface area (Å²) in [6.45, 7) is -0.166. The number of benzene rings is 1. The Bertz CT molecular complexity index is 248. The normalized spacial score (nSPS) is 9.08. The monoisotopic (exact) mass is 167 g/mol. The molecule has 64 valence electrons. The van der Waals surface area contributed by atoms with Crippen LogP contribution in [0.4, 0.5) is 0 Å². The minimum Gasteiger partial charge on any atom is -0.482 e. The summed E-state index contributed by atoms with van der Waals surface area (Å²) in [7, 11) is 0. The maximum atomic E-state index is 10.5. The van der Waals surface area contributed by atoms with Crippen molar-refractivity contribution in [2.24, 2.45) is 5.90 Å². The lowest BCUT2D eigenvalue weighted by molar-refractivity contribution is -0.146. The van der Waals surface area contributed by atoms with E-state index in [1.807, 2.05) is 18.2 Å². The van der Waals surface area contributed by atoms with E-state index in [9.17, 15) is 4.79 Å². The number of hydrogen-bond acceptors (Lipinski definition) is 4. The standard InChI is InChI=1S/C8H9NO3/c9-12-8(10)6-11-7-4-2-1-3-5-7/h1-5H,6,9H2. The van der Waals surface area contributed by atoms with Gasteiger partial charge in [-0.25, -0.2) is 4.79 Å². The Labute approximate surface area is 69.8 Å². The summed E-state index contributed by atoms with van der Waals surface area (Å²) in [5.41, 5.74) is 0. The summed E-state index contributed by atoms with van der Waals surface area (Å²) in [5.74, 6) is 4.62. The van der Waals surface area contributed by atoms with Gasteiger partial charge >= 0.3 is 5.97 Å². The van der Waals surface area contributed by atoms with Gasteiger partial charge in [-0.2, -0.15) is 5.90 Å². The zero-order valence-electron chi connectivity index (χ0n) is 6.40. The second kappa shape index (κ2) is 4.35. The van der Waals surface area contributed by atoms with E-state index in [0.29, 0.717) is 5.75 Å². The Kier molecular flexibility index (Phi) is 3.10.